The predicted octanol–water partition coefficient (Wildman–Crippen LogP) is 6.26. The van der Waals surface area contributed by atoms with Crippen LogP contribution in [0, 0.1) is 11.3 Å². The van der Waals surface area contributed by atoms with Gasteiger partial charge in [0.15, 0.2) is 0 Å². The van der Waals surface area contributed by atoms with E-state index in [0.29, 0.717) is 27.2 Å². The number of halogens is 2. The number of anilines is 2. The van der Waals surface area contributed by atoms with Crippen molar-refractivity contribution in [3.63, 3.8) is 0 Å². The Morgan fingerprint density at radius 3 is 2.62 bits per heavy atom. The number of rotatable bonds is 3. The second-order valence-corrected chi connectivity index (χ2v) is 8.83. The average Bonchev–Trinajstić information content (AvgIpc) is 2.66. The molecule has 0 radical (unpaired) electrons. The van der Waals surface area contributed by atoms with E-state index >= 15 is 0 Å². The third kappa shape index (κ3) is 4.27. The van der Waals surface area contributed by atoms with E-state index in [1.807, 2.05) is 18.2 Å². The summed E-state index contributed by atoms with van der Waals surface area (Å²) in [6.45, 7) is 6.60. The maximum Gasteiger partial charge on any atom is 0.266 e. The number of amides is 1. The second-order valence-electron chi connectivity index (χ2n) is 8.01. The summed E-state index contributed by atoms with van der Waals surface area (Å²) in [5.41, 5.74) is 3.33. The maximum atomic E-state index is 12.6. The molecular formula is C23H23Cl2N3O. The van der Waals surface area contributed by atoms with Crippen LogP contribution in [0.1, 0.15) is 44.2 Å². The molecule has 0 aliphatic carbocycles. The number of nitrogens with zero attached hydrogens (tertiary/aromatic N) is 2. The van der Waals surface area contributed by atoms with Crippen LogP contribution >= 0.6 is 23.2 Å². The number of fused-ring (bicyclic) bond motifs is 1. The van der Waals surface area contributed by atoms with Crippen LogP contribution in [-0.2, 0) is 4.79 Å². The van der Waals surface area contributed by atoms with E-state index in [4.69, 9.17) is 23.2 Å². The normalized spacial score (nSPS) is 18.0. The molecule has 1 aliphatic rings. The van der Waals surface area contributed by atoms with Crippen LogP contribution < -0.4 is 10.2 Å². The molecule has 0 aromatic heterocycles. The van der Waals surface area contributed by atoms with Gasteiger partial charge in [0.05, 0.1) is 10.7 Å². The highest BCUT2D eigenvalue weighted by Crippen LogP contribution is 2.44. The van der Waals surface area contributed by atoms with E-state index in [9.17, 15) is 10.1 Å². The summed E-state index contributed by atoms with van der Waals surface area (Å²) >= 11 is 12.6. The monoisotopic (exact) mass is 427 g/mol. The summed E-state index contributed by atoms with van der Waals surface area (Å²) in [6, 6.07) is 12.7. The van der Waals surface area contributed by atoms with Gasteiger partial charge in [0.25, 0.3) is 5.91 Å². The van der Waals surface area contributed by atoms with E-state index in [1.165, 1.54) is 6.08 Å². The van der Waals surface area contributed by atoms with Crippen molar-refractivity contribution in [2.45, 2.75) is 38.6 Å². The standard InChI is InChI=1S/C23H23Cl2N3O/c1-14-12-23(2,3)28(4)21-11-19(25)15(10-17(14)21)9-16(13-26)22(29)27-20-8-6-5-7-18(20)24/h5-11,14H,12H2,1-4H3,(H,27,29)/b16-9-/t14-/m1/s1. The molecule has 2 aromatic rings. The van der Waals surface area contributed by atoms with Gasteiger partial charge in [-0.3, -0.25) is 4.79 Å². The first-order valence-electron chi connectivity index (χ1n) is 9.39. The highest BCUT2D eigenvalue weighted by molar-refractivity contribution is 6.34. The van der Waals surface area contributed by atoms with Crippen molar-refractivity contribution in [1.82, 2.24) is 0 Å². The summed E-state index contributed by atoms with van der Waals surface area (Å²) in [7, 11) is 2.06. The Morgan fingerprint density at radius 2 is 1.97 bits per heavy atom. The Kier molecular flexibility index (Phi) is 5.93. The number of hydrogen-bond acceptors (Lipinski definition) is 3. The molecule has 0 fully saturated rings. The Hall–Kier alpha value is -2.48. The smallest absolute Gasteiger partial charge is 0.266 e. The van der Waals surface area contributed by atoms with Gasteiger partial charge in [0, 0.05) is 23.3 Å². The van der Waals surface area contributed by atoms with Gasteiger partial charge in [0.1, 0.15) is 11.6 Å². The molecule has 0 saturated carbocycles. The lowest BCUT2D eigenvalue weighted by molar-refractivity contribution is -0.112. The highest BCUT2D eigenvalue weighted by atomic mass is 35.5. The number of para-hydroxylation sites is 1. The largest absolute Gasteiger partial charge is 0.369 e. The molecule has 3 rings (SSSR count). The van der Waals surface area contributed by atoms with E-state index in [1.54, 1.807) is 24.3 Å². The summed E-state index contributed by atoms with van der Waals surface area (Å²) in [5, 5.41) is 13.1. The summed E-state index contributed by atoms with van der Waals surface area (Å²) in [4.78, 5) is 14.8. The molecule has 0 unspecified atom stereocenters. The predicted molar refractivity (Wildman–Crippen MR) is 121 cm³/mol. The Bertz CT molecular complexity index is 1040. The van der Waals surface area contributed by atoms with Crippen LogP contribution in [0.5, 0.6) is 0 Å². The number of nitrogens with one attached hydrogen (secondary N) is 1. The minimum atomic E-state index is -0.527. The van der Waals surface area contributed by atoms with Crippen molar-refractivity contribution < 1.29 is 4.79 Å². The van der Waals surface area contributed by atoms with Gasteiger partial charge in [-0.25, -0.2) is 0 Å². The van der Waals surface area contributed by atoms with Crippen molar-refractivity contribution in [2.24, 2.45) is 0 Å². The number of carbonyl (C=O) groups excluding carboxylic acids is 1. The molecule has 0 spiro atoms. The van der Waals surface area contributed by atoms with Gasteiger partial charge in [-0.05, 0) is 67.7 Å². The van der Waals surface area contributed by atoms with Crippen molar-refractivity contribution in [2.75, 3.05) is 17.3 Å². The molecule has 0 saturated heterocycles. The molecule has 29 heavy (non-hydrogen) atoms. The molecule has 150 valence electrons. The molecule has 2 aromatic carbocycles. The third-order valence-electron chi connectivity index (χ3n) is 5.54. The highest BCUT2D eigenvalue weighted by Gasteiger charge is 2.34. The molecule has 1 atom stereocenters. The first-order chi connectivity index (χ1) is 13.6. The summed E-state index contributed by atoms with van der Waals surface area (Å²) in [5.74, 6) is -0.191. The van der Waals surface area contributed by atoms with E-state index in [2.05, 4.69) is 38.0 Å². The Labute approximate surface area is 181 Å². The number of nitriles is 1. The van der Waals surface area contributed by atoms with Crippen LogP contribution in [-0.4, -0.2) is 18.5 Å². The summed E-state index contributed by atoms with van der Waals surface area (Å²) in [6.07, 6.45) is 2.53. The fraction of sp³-hybridized carbons (Fsp3) is 0.304. The first-order valence-corrected chi connectivity index (χ1v) is 10.1. The average molecular weight is 428 g/mol. The van der Waals surface area contributed by atoms with Crippen molar-refractivity contribution in [3.8, 4) is 6.07 Å². The van der Waals surface area contributed by atoms with Gasteiger partial charge in [0.2, 0.25) is 0 Å². The number of carbonyl (C=O) groups is 1. The van der Waals surface area contributed by atoms with E-state index < -0.39 is 5.91 Å². The lowest BCUT2D eigenvalue weighted by Crippen LogP contribution is -2.45. The van der Waals surface area contributed by atoms with Gasteiger partial charge >= 0.3 is 0 Å². The van der Waals surface area contributed by atoms with Crippen molar-refractivity contribution in [3.05, 3.63) is 63.1 Å². The van der Waals surface area contributed by atoms with Gasteiger partial charge in [-0.1, -0.05) is 42.3 Å². The van der Waals surface area contributed by atoms with E-state index in [-0.39, 0.29) is 11.1 Å². The molecule has 0 bridgehead atoms. The van der Waals surface area contributed by atoms with Crippen LogP contribution in [0.25, 0.3) is 6.08 Å². The van der Waals surface area contributed by atoms with Crippen LogP contribution in [0.4, 0.5) is 11.4 Å². The Morgan fingerprint density at radius 1 is 1.28 bits per heavy atom. The Balaban J connectivity index is 1.97. The minimum Gasteiger partial charge on any atom is -0.369 e. The summed E-state index contributed by atoms with van der Waals surface area (Å²) < 4.78 is 0. The lowest BCUT2D eigenvalue weighted by Gasteiger charge is -2.45. The fourth-order valence-electron chi connectivity index (χ4n) is 3.77. The van der Waals surface area contributed by atoms with Gasteiger partial charge in [-0.15, -0.1) is 0 Å². The third-order valence-corrected chi connectivity index (χ3v) is 6.20. The van der Waals surface area contributed by atoms with Crippen molar-refractivity contribution in [1.29, 1.82) is 5.26 Å². The SMILES string of the molecule is C[C@@H]1CC(C)(C)N(C)c2cc(Cl)c(/C=C(/C#N)C(=O)Nc3ccccc3Cl)cc21. The van der Waals surface area contributed by atoms with Crippen molar-refractivity contribution >= 4 is 46.6 Å². The molecular weight excluding hydrogens is 405 g/mol. The fourth-order valence-corrected chi connectivity index (χ4v) is 4.17. The quantitative estimate of drug-likeness (QED) is 0.464. The second kappa shape index (κ2) is 8.10. The number of benzene rings is 2. The molecule has 1 N–H and O–H groups in total. The lowest BCUT2D eigenvalue weighted by atomic mass is 9.80. The maximum absolute atomic E-state index is 12.6. The number of hydrogen-bond donors (Lipinski definition) is 1. The molecule has 6 heteroatoms. The molecule has 4 nitrogen and oxygen atoms in total. The van der Waals surface area contributed by atoms with E-state index in [0.717, 1.165) is 17.7 Å². The van der Waals surface area contributed by atoms with Crippen LogP contribution in [0.3, 0.4) is 0 Å². The molecule has 1 aliphatic heterocycles. The zero-order valence-corrected chi connectivity index (χ0v) is 18.4. The van der Waals surface area contributed by atoms with Gasteiger partial charge in [-0.2, -0.15) is 5.26 Å². The van der Waals surface area contributed by atoms with Crippen LogP contribution in [0.2, 0.25) is 10.0 Å². The van der Waals surface area contributed by atoms with Crippen LogP contribution in [0.15, 0.2) is 42.0 Å². The molecule has 1 amide bonds. The zero-order chi connectivity index (χ0) is 21.3. The molecule has 1 heterocycles. The first kappa shape index (κ1) is 21.2. The minimum absolute atomic E-state index is 0.0275. The van der Waals surface area contributed by atoms with Gasteiger partial charge < -0.3 is 10.2 Å². The topological polar surface area (TPSA) is 56.1 Å². The zero-order valence-electron chi connectivity index (χ0n) is 16.9.